The van der Waals surface area contributed by atoms with Gasteiger partial charge in [0, 0.05) is 10.3 Å². The van der Waals surface area contributed by atoms with Crippen molar-refractivity contribution >= 4 is 33.2 Å². The van der Waals surface area contributed by atoms with Gasteiger partial charge in [-0.3, -0.25) is 4.79 Å². The van der Waals surface area contributed by atoms with Crippen molar-refractivity contribution in [3.8, 4) is 11.5 Å². The van der Waals surface area contributed by atoms with Crippen LogP contribution in [0.25, 0.3) is 10.1 Å². The lowest BCUT2D eigenvalue weighted by molar-refractivity contribution is 0.0479. The molecule has 0 N–H and O–H groups in total. The van der Waals surface area contributed by atoms with Crippen LogP contribution < -0.4 is 9.47 Å². The summed E-state index contributed by atoms with van der Waals surface area (Å²) >= 11 is 1.35. The second-order valence-electron chi connectivity index (χ2n) is 5.51. The van der Waals surface area contributed by atoms with Crippen molar-refractivity contribution in [2.75, 3.05) is 19.8 Å². The highest BCUT2D eigenvalue weighted by Gasteiger charge is 2.17. The van der Waals surface area contributed by atoms with E-state index in [-0.39, 0.29) is 12.4 Å². The first-order chi connectivity index (χ1) is 12.2. The molecule has 0 saturated heterocycles. The van der Waals surface area contributed by atoms with E-state index in [1.54, 1.807) is 24.3 Å². The number of ether oxygens (including phenoxy) is 3. The van der Waals surface area contributed by atoms with E-state index in [1.165, 1.54) is 11.3 Å². The van der Waals surface area contributed by atoms with Gasteiger partial charge in [-0.05, 0) is 35.7 Å². The molecule has 0 radical (unpaired) electrons. The maximum atomic E-state index is 12.3. The van der Waals surface area contributed by atoms with Crippen molar-refractivity contribution in [2.45, 2.75) is 0 Å². The Morgan fingerprint density at radius 1 is 1.00 bits per heavy atom. The van der Waals surface area contributed by atoms with Gasteiger partial charge in [0.2, 0.25) is 0 Å². The summed E-state index contributed by atoms with van der Waals surface area (Å²) in [5, 5.41) is 0.984. The van der Waals surface area contributed by atoms with Crippen molar-refractivity contribution in [3.05, 3.63) is 59.0 Å². The highest BCUT2D eigenvalue weighted by molar-refractivity contribution is 7.20. The SMILES string of the molecule is O=C(COC(=O)c1cc2ccccc2s1)c1ccc2c(c1)OCCO2. The molecule has 5 nitrogen and oxygen atoms in total. The Labute approximate surface area is 147 Å². The predicted octanol–water partition coefficient (Wildman–Crippen LogP) is 3.71. The third kappa shape index (κ3) is 3.21. The van der Waals surface area contributed by atoms with Crippen LogP contribution in [0.1, 0.15) is 20.0 Å². The predicted molar refractivity (Wildman–Crippen MR) is 93.9 cm³/mol. The lowest BCUT2D eigenvalue weighted by Crippen LogP contribution is -2.17. The van der Waals surface area contributed by atoms with Crippen LogP contribution >= 0.6 is 11.3 Å². The number of hydrogen-bond acceptors (Lipinski definition) is 6. The number of carbonyl (C=O) groups excluding carboxylic acids is 2. The number of ketones is 1. The summed E-state index contributed by atoms with van der Waals surface area (Å²) < 4.78 is 17.1. The zero-order valence-electron chi connectivity index (χ0n) is 13.2. The van der Waals surface area contributed by atoms with Gasteiger partial charge >= 0.3 is 5.97 Å². The molecule has 1 aliphatic rings. The van der Waals surface area contributed by atoms with Gasteiger partial charge in [-0.25, -0.2) is 4.79 Å². The molecular weight excluding hydrogens is 340 g/mol. The van der Waals surface area contributed by atoms with Crippen molar-refractivity contribution < 1.29 is 23.8 Å². The summed E-state index contributed by atoms with van der Waals surface area (Å²) in [7, 11) is 0. The Morgan fingerprint density at radius 3 is 2.64 bits per heavy atom. The first-order valence-electron chi connectivity index (χ1n) is 7.79. The van der Waals surface area contributed by atoms with Gasteiger partial charge in [0.15, 0.2) is 23.9 Å². The summed E-state index contributed by atoms with van der Waals surface area (Å²) in [6.45, 7) is 0.630. The summed E-state index contributed by atoms with van der Waals surface area (Å²) in [6.07, 6.45) is 0. The van der Waals surface area contributed by atoms with Crippen molar-refractivity contribution in [1.82, 2.24) is 0 Å². The average molecular weight is 354 g/mol. The molecule has 126 valence electrons. The first-order valence-corrected chi connectivity index (χ1v) is 8.61. The van der Waals surface area contributed by atoms with E-state index in [0.29, 0.717) is 35.2 Å². The van der Waals surface area contributed by atoms with Gasteiger partial charge in [0.25, 0.3) is 0 Å². The smallest absolute Gasteiger partial charge is 0.348 e. The summed E-state index contributed by atoms with van der Waals surface area (Å²) in [4.78, 5) is 24.9. The molecule has 0 spiro atoms. The summed E-state index contributed by atoms with van der Waals surface area (Å²) in [5.41, 5.74) is 0.424. The van der Waals surface area contributed by atoms with Crippen LogP contribution in [0, 0.1) is 0 Å². The Bertz CT molecular complexity index is 926. The van der Waals surface area contributed by atoms with Crippen LogP contribution in [0.4, 0.5) is 0 Å². The van der Waals surface area contributed by atoms with Gasteiger partial charge in [0.1, 0.15) is 18.1 Å². The zero-order valence-corrected chi connectivity index (χ0v) is 14.0. The van der Waals surface area contributed by atoms with E-state index in [1.807, 2.05) is 24.3 Å². The van der Waals surface area contributed by atoms with E-state index in [2.05, 4.69) is 0 Å². The normalized spacial score (nSPS) is 12.8. The fraction of sp³-hybridized carbons (Fsp3) is 0.158. The molecular formula is C19H14O5S. The Kier molecular flexibility index (Phi) is 4.11. The number of benzene rings is 2. The highest BCUT2D eigenvalue weighted by Crippen LogP contribution is 2.31. The van der Waals surface area contributed by atoms with Crippen LogP contribution in [0.5, 0.6) is 11.5 Å². The van der Waals surface area contributed by atoms with Gasteiger partial charge in [-0.2, -0.15) is 0 Å². The Hall–Kier alpha value is -2.86. The van der Waals surface area contributed by atoms with E-state index in [0.717, 1.165) is 10.1 Å². The fourth-order valence-corrected chi connectivity index (χ4v) is 3.54. The minimum absolute atomic E-state index is 0.286. The third-order valence-electron chi connectivity index (χ3n) is 3.83. The first kappa shape index (κ1) is 15.7. The molecule has 1 aliphatic heterocycles. The van der Waals surface area contributed by atoms with Crippen LogP contribution in [0.3, 0.4) is 0 Å². The minimum Gasteiger partial charge on any atom is -0.486 e. The molecule has 0 atom stereocenters. The second kappa shape index (κ2) is 6.57. The summed E-state index contributed by atoms with van der Waals surface area (Å²) in [6, 6.07) is 14.4. The van der Waals surface area contributed by atoms with E-state index in [9.17, 15) is 9.59 Å². The van der Waals surface area contributed by atoms with Crippen LogP contribution in [0.15, 0.2) is 48.5 Å². The van der Waals surface area contributed by atoms with Gasteiger partial charge in [-0.15, -0.1) is 11.3 Å². The van der Waals surface area contributed by atoms with Crippen LogP contribution in [-0.4, -0.2) is 31.6 Å². The molecule has 0 aliphatic carbocycles. The second-order valence-corrected chi connectivity index (χ2v) is 6.59. The van der Waals surface area contributed by atoms with E-state index < -0.39 is 5.97 Å². The molecule has 2 heterocycles. The van der Waals surface area contributed by atoms with Gasteiger partial charge < -0.3 is 14.2 Å². The quantitative estimate of drug-likeness (QED) is 0.528. The van der Waals surface area contributed by atoms with Gasteiger partial charge in [0.05, 0.1) is 0 Å². The number of esters is 1. The monoisotopic (exact) mass is 354 g/mol. The molecule has 0 saturated carbocycles. The van der Waals surface area contributed by atoms with Gasteiger partial charge in [-0.1, -0.05) is 18.2 Å². The molecule has 25 heavy (non-hydrogen) atoms. The maximum absolute atomic E-state index is 12.3. The minimum atomic E-state index is -0.493. The molecule has 2 aromatic carbocycles. The Balaban J connectivity index is 1.43. The lowest BCUT2D eigenvalue weighted by Gasteiger charge is -2.18. The van der Waals surface area contributed by atoms with E-state index >= 15 is 0 Å². The number of fused-ring (bicyclic) bond motifs is 2. The number of rotatable bonds is 4. The van der Waals surface area contributed by atoms with Crippen LogP contribution in [-0.2, 0) is 4.74 Å². The van der Waals surface area contributed by atoms with Crippen molar-refractivity contribution in [2.24, 2.45) is 0 Å². The van der Waals surface area contributed by atoms with Crippen LogP contribution in [0.2, 0.25) is 0 Å². The average Bonchev–Trinajstić information content (AvgIpc) is 3.09. The number of carbonyl (C=O) groups is 2. The molecule has 0 unspecified atom stereocenters. The fourth-order valence-electron chi connectivity index (χ4n) is 2.58. The molecule has 6 heteroatoms. The molecule has 0 amide bonds. The number of hydrogen-bond donors (Lipinski definition) is 0. The molecule has 0 bridgehead atoms. The molecule has 0 fully saturated rings. The molecule has 3 aromatic rings. The van der Waals surface area contributed by atoms with Crippen molar-refractivity contribution in [3.63, 3.8) is 0 Å². The van der Waals surface area contributed by atoms with Crippen molar-refractivity contribution in [1.29, 1.82) is 0 Å². The topological polar surface area (TPSA) is 61.8 Å². The number of Topliss-reactive ketones (excluding diaryl/α,β-unsaturated/α-hetero) is 1. The lowest BCUT2D eigenvalue weighted by atomic mass is 10.1. The van der Waals surface area contributed by atoms with E-state index in [4.69, 9.17) is 14.2 Å². The zero-order chi connectivity index (χ0) is 17.2. The molecule has 1 aromatic heterocycles. The Morgan fingerprint density at radius 2 is 1.80 bits per heavy atom. The largest absolute Gasteiger partial charge is 0.486 e. The molecule has 4 rings (SSSR count). The standard InChI is InChI=1S/C19H14O5S/c20-14(12-5-6-15-16(9-12)23-8-7-22-15)11-24-19(21)18-10-13-3-1-2-4-17(13)25-18/h1-6,9-10H,7-8,11H2. The summed E-state index contributed by atoms with van der Waals surface area (Å²) in [5.74, 6) is 0.372. The third-order valence-corrected chi connectivity index (χ3v) is 4.92. The number of thiophene rings is 1. The maximum Gasteiger partial charge on any atom is 0.348 e. The highest BCUT2D eigenvalue weighted by atomic mass is 32.1.